The first-order chi connectivity index (χ1) is 9.51. The summed E-state index contributed by atoms with van der Waals surface area (Å²) in [7, 11) is 1.96. The molecular weight excluding hydrogens is 403 g/mol. The predicted octanol–water partition coefficient (Wildman–Crippen LogP) is 4.94. The Bertz CT molecular complexity index is 578. The van der Waals surface area contributed by atoms with Gasteiger partial charge in [-0.25, -0.2) is 0 Å². The second-order valence-corrected chi connectivity index (χ2v) is 6.97. The maximum atomic E-state index is 6.33. The first kappa shape index (κ1) is 16.1. The summed E-state index contributed by atoms with van der Waals surface area (Å²) in [5.74, 6) is 0.503. The molecule has 2 aromatic rings. The van der Waals surface area contributed by atoms with E-state index >= 15 is 0 Å². The van der Waals surface area contributed by atoms with E-state index in [1.54, 1.807) is 0 Å². The van der Waals surface area contributed by atoms with Crippen molar-refractivity contribution in [2.24, 2.45) is 13.0 Å². The fourth-order valence-electron chi connectivity index (χ4n) is 2.31. The van der Waals surface area contributed by atoms with Crippen LogP contribution in [-0.2, 0) is 19.9 Å². The number of alkyl halides is 1. The normalized spacial score (nSPS) is 12.7. The van der Waals surface area contributed by atoms with E-state index in [-0.39, 0.29) is 0 Å². The van der Waals surface area contributed by atoms with Crippen LogP contribution in [0.15, 0.2) is 28.7 Å². The summed E-state index contributed by atoms with van der Waals surface area (Å²) in [5, 5.41) is 6.13. The van der Waals surface area contributed by atoms with Gasteiger partial charge in [0, 0.05) is 16.9 Å². The van der Waals surface area contributed by atoms with E-state index in [2.05, 4.69) is 61.2 Å². The van der Waals surface area contributed by atoms with Crippen LogP contribution >= 0.6 is 43.5 Å². The lowest BCUT2D eigenvalue weighted by atomic mass is 9.96. The van der Waals surface area contributed by atoms with Crippen molar-refractivity contribution in [2.75, 3.05) is 5.33 Å². The molecule has 0 bridgehead atoms. The highest BCUT2D eigenvalue weighted by atomic mass is 79.9. The van der Waals surface area contributed by atoms with Crippen LogP contribution in [0.25, 0.3) is 0 Å². The van der Waals surface area contributed by atoms with E-state index in [4.69, 9.17) is 11.6 Å². The Kier molecular flexibility index (Phi) is 5.70. The van der Waals surface area contributed by atoms with Gasteiger partial charge in [0.15, 0.2) is 0 Å². The van der Waals surface area contributed by atoms with Crippen molar-refractivity contribution in [3.63, 3.8) is 0 Å². The predicted molar refractivity (Wildman–Crippen MR) is 91.8 cm³/mol. The van der Waals surface area contributed by atoms with E-state index in [1.165, 1.54) is 5.56 Å². The highest BCUT2D eigenvalue weighted by molar-refractivity contribution is 9.10. The third-order valence-corrected chi connectivity index (χ3v) is 5.34. The summed E-state index contributed by atoms with van der Waals surface area (Å²) in [6.07, 6.45) is 1.95. The molecule has 0 aliphatic heterocycles. The molecule has 0 aliphatic carbocycles. The second kappa shape index (κ2) is 7.10. The Hall–Kier alpha value is -0.320. The molecule has 0 fully saturated rings. The monoisotopic (exact) mass is 418 g/mol. The molecule has 1 aromatic carbocycles. The summed E-state index contributed by atoms with van der Waals surface area (Å²) >= 11 is 13.4. The van der Waals surface area contributed by atoms with Gasteiger partial charge in [0.1, 0.15) is 0 Å². The lowest BCUT2D eigenvalue weighted by Crippen LogP contribution is -2.13. The molecule has 0 aliphatic rings. The number of benzene rings is 1. The standard InChI is InChI=1S/C15H17Br2ClN2/c1-10-15(18)14(20(2)19-10)8-12(9-16)7-11-3-5-13(17)6-4-11/h3-6,12H,7-9H2,1-2H3. The van der Waals surface area contributed by atoms with Crippen molar-refractivity contribution in [1.82, 2.24) is 9.78 Å². The van der Waals surface area contributed by atoms with Crippen molar-refractivity contribution in [3.05, 3.63) is 50.7 Å². The molecule has 5 heteroatoms. The zero-order valence-corrected chi connectivity index (χ0v) is 15.5. The zero-order chi connectivity index (χ0) is 14.7. The van der Waals surface area contributed by atoms with Crippen LogP contribution in [0, 0.1) is 12.8 Å². The summed E-state index contributed by atoms with van der Waals surface area (Å²) in [5.41, 5.74) is 3.36. The second-order valence-electron chi connectivity index (χ2n) is 5.02. The average molecular weight is 421 g/mol. The number of hydrogen-bond acceptors (Lipinski definition) is 1. The Morgan fingerprint density at radius 2 is 1.90 bits per heavy atom. The summed E-state index contributed by atoms with van der Waals surface area (Å²) in [6, 6.07) is 8.50. The van der Waals surface area contributed by atoms with Crippen LogP contribution in [0.4, 0.5) is 0 Å². The molecule has 0 radical (unpaired) electrons. The Morgan fingerprint density at radius 1 is 1.25 bits per heavy atom. The molecule has 0 saturated carbocycles. The summed E-state index contributed by atoms with van der Waals surface area (Å²) in [6.45, 7) is 1.95. The Labute approximate surface area is 141 Å². The number of nitrogens with zero attached hydrogens (tertiary/aromatic N) is 2. The smallest absolute Gasteiger partial charge is 0.0847 e. The van der Waals surface area contributed by atoms with Gasteiger partial charge in [0.25, 0.3) is 0 Å². The number of halogens is 3. The van der Waals surface area contributed by atoms with E-state index in [0.29, 0.717) is 5.92 Å². The Balaban J connectivity index is 2.11. The van der Waals surface area contributed by atoms with Crippen molar-refractivity contribution >= 4 is 43.5 Å². The van der Waals surface area contributed by atoms with Crippen LogP contribution in [0.2, 0.25) is 5.02 Å². The molecule has 0 spiro atoms. The molecule has 20 heavy (non-hydrogen) atoms. The number of aryl methyl sites for hydroxylation is 2. The van der Waals surface area contributed by atoms with Crippen LogP contribution in [0.1, 0.15) is 17.0 Å². The number of aromatic nitrogens is 2. The van der Waals surface area contributed by atoms with Crippen molar-refractivity contribution in [2.45, 2.75) is 19.8 Å². The van der Waals surface area contributed by atoms with Gasteiger partial charge in [-0.2, -0.15) is 5.10 Å². The van der Waals surface area contributed by atoms with Gasteiger partial charge in [-0.15, -0.1) is 0 Å². The number of rotatable bonds is 5. The SMILES string of the molecule is Cc1nn(C)c(CC(CBr)Cc2ccc(Br)cc2)c1Cl. The molecule has 1 heterocycles. The first-order valence-corrected chi connectivity index (χ1v) is 8.79. The minimum atomic E-state index is 0.503. The third-order valence-electron chi connectivity index (χ3n) is 3.40. The maximum Gasteiger partial charge on any atom is 0.0847 e. The van der Waals surface area contributed by atoms with Crippen molar-refractivity contribution in [3.8, 4) is 0 Å². The minimum absolute atomic E-state index is 0.503. The van der Waals surface area contributed by atoms with E-state index < -0.39 is 0 Å². The van der Waals surface area contributed by atoms with Gasteiger partial charge in [0.05, 0.1) is 16.4 Å². The molecule has 108 valence electrons. The fourth-order valence-corrected chi connectivity index (χ4v) is 3.27. The van der Waals surface area contributed by atoms with Gasteiger partial charge in [-0.05, 0) is 43.4 Å². The quantitative estimate of drug-likeness (QED) is 0.627. The van der Waals surface area contributed by atoms with Crippen molar-refractivity contribution < 1.29 is 0 Å². The van der Waals surface area contributed by atoms with Crippen LogP contribution in [-0.4, -0.2) is 15.1 Å². The third kappa shape index (κ3) is 3.86. The van der Waals surface area contributed by atoms with Gasteiger partial charge < -0.3 is 0 Å². The van der Waals surface area contributed by atoms with Gasteiger partial charge in [-0.1, -0.05) is 55.6 Å². The molecule has 0 saturated heterocycles. The molecule has 1 unspecified atom stereocenters. The number of hydrogen-bond donors (Lipinski definition) is 0. The van der Waals surface area contributed by atoms with Gasteiger partial charge >= 0.3 is 0 Å². The molecule has 2 nitrogen and oxygen atoms in total. The van der Waals surface area contributed by atoms with E-state index in [0.717, 1.165) is 39.1 Å². The van der Waals surface area contributed by atoms with Gasteiger partial charge in [-0.3, -0.25) is 4.68 Å². The fraction of sp³-hybridized carbons (Fsp3) is 0.400. The molecule has 0 amide bonds. The van der Waals surface area contributed by atoms with Crippen LogP contribution < -0.4 is 0 Å². The van der Waals surface area contributed by atoms with Crippen molar-refractivity contribution in [1.29, 1.82) is 0 Å². The summed E-state index contributed by atoms with van der Waals surface area (Å²) in [4.78, 5) is 0. The van der Waals surface area contributed by atoms with Gasteiger partial charge in [0.2, 0.25) is 0 Å². The topological polar surface area (TPSA) is 17.8 Å². The zero-order valence-electron chi connectivity index (χ0n) is 11.5. The Morgan fingerprint density at radius 3 is 2.40 bits per heavy atom. The van der Waals surface area contributed by atoms with Crippen LogP contribution in [0.5, 0.6) is 0 Å². The molecule has 1 atom stereocenters. The molecule has 2 rings (SSSR count). The summed E-state index contributed by atoms with van der Waals surface area (Å²) < 4.78 is 3.01. The molecular formula is C15H17Br2ClN2. The average Bonchev–Trinajstić information content (AvgIpc) is 2.66. The maximum absolute atomic E-state index is 6.33. The minimum Gasteiger partial charge on any atom is -0.271 e. The largest absolute Gasteiger partial charge is 0.271 e. The molecule has 1 aromatic heterocycles. The van der Waals surface area contributed by atoms with E-state index in [1.807, 2.05) is 18.7 Å². The first-order valence-electron chi connectivity index (χ1n) is 6.49. The lowest BCUT2D eigenvalue weighted by molar-refractivity contribution is 0.557. The van der Waals surface area contributed by atoms with Crippen LogP contribution in [0.3, 0.4) is 0 Å². The highest BCUT2D eigenvalue weighted by Gasteiger charge is 2.17. The molecule has 0 N–H and O–H groups in total. The van der Waals surface area contributed by atoms with E-state index in [9.17, 15) is 0 Å². The highest BCUT2D eigenvalue weighted by Crippen LogP contribution is 2.25. The lowest BCUT2D eigenvalue weighted by Gasteiger charge is -2.15.